The third-order valence-electron chi connectivity index (χ3n) is 2.39. The molecule has 0 aliphatic carbocycles. The van der Waals surface area contributed by atoms with Gasteiger partial charge in [-0.3, -0.25) is 0 Å². The van der Waals surface area contributed by atoms with Gasteiger partial charge >= 0.3 is 0 Å². The maximum Gasteiger partial charge on any atom is 0.104 e. The molecule has 0 aliphatic heterocycles. The molecule has 84 valence electrons. The predicted octanol–water partition coefficient (Wildman–Crippen LogP) is 2.06. The summed E-state index contributed by atoms with van der Waals surface area (Å²) in [6.07, 6.45) is -0.597. The lowest BCUT2D eigenvalue weighted by Crippen LogP contribution is -2.39. The fraction of sp³-hybridized carbons (Fsp3) is 0.500. The molecule has 15 heavy (non-hydrogen) atoms. The number of nitrogens with one attached hydrogen (secondary N) is 1. The third-order valence-corrected chi connectivity index (χ3v) is 2.39. The molecule has 0 spiro atoms. The second-order valence-electron chi connectivity index (χ2n) is 3.87. The number of rotatable bonds is 5. The Hall–Kier alpha value is -0.930. The molecule has 0 saturated heterocycles. The minimum absolute atomic E-state index is 0.154. The van der Waals surface area contributed by atoms with Crippen molar-refractivity contribution in [1.82, 2.24) is 5.32 Å². The van der Waals surface area contributed by atoms with Crippen LogP contribution < -0.4 is 5.32 Å². The van der Waals surface area contributed by atoms with Crippen LogP contribution in [0, 0.1) is 0 Å². The number of benzene rings is 1. The smallest absolute Gasteiger partial charge is 0.104 e. The molecule has 0 fully saturated rings. The van der Waals surface area contributed by atoms with Crippen molar-refractivity contribution in [2.75, 3.05) is 6.67 Å². The SMILES string of the molecule is CC(CF)NC(C)C(O)c1ccccc1. The van der Waals surface area contributed by atoms with Crippen molar-refractivity contribution >= 4 is 0 Å². The Labute approximate surface area is 90.1 Å². The van der Waals surface area contributed by atoms with Crippen LogP contribution in [0.15, 0.2) is 30.3 Å². The summed E-state index contributed by atoms with van der Waals surface area (Å²) in [5.74, 6) is 0. The van der Waals surface area contributed by atoms with Crippen molar-refractivity contribution < 1.29 is 9.50 Å². The van der Waals surface area contributed by atoms with Crippen LogP contribution in [0.25, 0.3) is 0 Å². The van der Waals surface area contributed by atoms with E-state index < -0.39 is 12.8 Å². The molecule has 2 N–H and O–H groups in total. The summed E-state index contributed by atoms with van der Waals surface area (Å²) in [4.78, 5) is 0. The van der Waals surface area contributed by atoms with Crippen LogP contribution in [0.5, 0.6) is 0 Å². The van der Waals surface area contributed by atoms with E-state index in [4.69, 9.17) is 0 Å². The average molecular weight is 211 g/mol. The molecule has 2 nitrogen and oxygen atoms in total. The van der Waals surface area contributed by atoms with Crippen molar-refractivity contribution in [3.8, 4) is 0 Å². The summed E-state index contributed by atoms with van der Waals surface area (Å²) in [6.45, 7) is 3.18. The van der Waals surface area contributed by atoms with Crippen molar-refractivity contribution in [3.05, 3.63) is 35.9 Å². The van der Waals surface area contributed by atoms with Gasteiger partial charge in [-0.1, -0.05) is 30.3 Å². The maximum absolute atomic E-state index is 12.3. The number of alkyl halides is 1. The summed E-state index contributed by atoms with van der Waals surface area (Å²) in [5, 5.41) is 13.0. The summed E-state index contributed by atoms with van der Waals surface area (Å²) >= 11 is 0. The van der Waals surface area contributed by atoms with Gasteiger partial charge in [0.15, 0.2) is 0 Å². The van der Waals surface area contributed by atoms with Crippen molar-refractivity contribution in [2.24, 2.45) is 0 Å². The van der Waals surface area contributed by atoms with Crippen LogP contribution in [-0.2, 0) is 0 Å². The highest BCUT2D eigenvalue weighted by Gasteiger charge is 2.17. The Morgan fingerprint density at radius 1 is 1.27 bits per heavy atom. The van der Waals surface area contributed by atoms with Crippen LogP contribution in [-0.4, -0.2) is 23.9 Å². The van der Waals surface area contributed by atoms with Gasteiger partial charge in [0.2, 0.25) is 0 Å². The fourth-order valence-electron chi connectivity index (χ4n) is 1.52. The molecule has 1 aromatic rings. The maximum atomic E-state index is 12.3. The van der Waals surface area contributed by atoms with Crippen molar-refractivity contribution in [2.45, 2.75) is 32.0 Å². The van der Waals surface area contributed by atoms with E-state index in [0.29, 0.717) is 0 Å². The Bertz CT molecular complexity index is 278. The van der Waals surface area contributed by atoms with E-state index in [9.17, 15) is 9.50 Å². The van der Waals surface area contributed by atoms with Gasteiger partial charge in [-0.05, 0) is 19.4 Å². The number of hydrogen-bond donors (Lipinski definition) is 2. The molecular weight excluding hydrogens is 193 g/mol. The molecule has 1 rings (SSSR count). The average Bonchev–Trinajstić information content (AvgIpc) is 2.29. The highest BCUT2D eigenvalue weighted by Crippen LogP contribution is 2.16. The molecule has 3 heteroatoms. The lowest BCUT2D eigenvalue weighted by molar-refractivity contribution is 0.128. The Kier molecular flexibility index (Phi) is 4.72. The van der Waals surface area contributed by atoms with Crippen LogP contribution in [0.2, 0.25) is 0 Å². The van der Waals surface area contributed by atoms with Gasteiger partial charge < -0.3 is 10.4 Å². The van der Waals surface area contributed by atoms with Crippen LogP contribution in [0.3, 0.4) is 0 Å². The van der Waals surface area contributed by atoms with Gasteiger partial charge in [0.25, 0.3) is 0 Å². The molecule has 1 aromatic carbocycles. The highest BCUT2D eigenvalue weighted by atomic mass is 19.1. The van der Waals surface area contributed by atoms with E-state index in [-0.39, 0.29) is 12.1 Å². The second kappa shape index (κ2) is 5.83. The van der Waals surface area contributed by atoms with Gasteiger partial charge in [0.05, 0.1) is 6.10 Å². The summed E-state index contributed by atoms with van der Waals surface area (Å²) in [5.41, 5.74) is 0.851. The first-order chi connectivity index (χ1) is 7.15. The van der Waals surface area contributed by atoms with Crippen LogP contribution in [0.1, 0.15) is 25.5 Å². The number of aliphatic hydroxyl groups is 1. The van der Waals surface area contributed by atoms with E-state index >= 15 is 0 Å². The summed E-state index contributed by atoms with van der Waals surface area (Å²) in [6, 6.07) is 9.01. The largest absolute Gasteiger partial charge is 0.387 e. The lowest BCUT2D eigenvalue weighted by atomic mass is 10.0. The van der Waals surface area contributed by atoms with Crippen molar-refractivity contribution in [1.29, 1.82) is 0 Å². The quantitative estimate of drug-likeness (QED) is 0.781. The first-order valence-electron chi connectivity index (χ1n) is 5.20. The summed E-state index contributed by atoms with van der Waals surface area (Å²) < 4.78 is 12.3. The highest BCUT2D eigenvalue weighted by molar-refractivity contribution is 5.18. The zero-order valence-electron chi connectivity index (χ0n) is 9.15. The van der Waals surface area contributed by atoms with Crippen molar-refractivity contribution in [3.63, 3.8) is 0 Å². The molecule has 0 aliphatic rings. The summed E-state index contributed by atoms with van der Waals surface area (Å²) in [7, 11) is 0. The minimum atomic E-state index is -0.597. The number of halogens is 1. The number of aliphatic hydroxyl groups excluding tert-OH is 1. The molecule has 0 radical (unpaired) electrons. The molecule has 0 saturated carbocycles. The Morgan fingerprint density at radius 3 is 2.40 bits per heavy atom. The molecule has 0 aromatic heterocycles. The normalized spacial score (nSPS) is 17.1. The zero-order valence-corrected chi connectivity index (χ0v) is 9.15. The topological polar surface area (TPSA) is 32.3 Å². The molecule has 0 heterocycles. The monoisotopic (exact) mass is 211 g/mol. The van der Waals surface area contributed by atoms with Crippen LogP contribution >= 0.6 is 0 Å². The standard InChI is InChI=1S/C12H18FNO/c1-9(8-13)14-10(2)12(15)11-6-4-3-5-7-11/h3-7,9-10,12,14-15H,8H2,1-2H3. The predicted molar refractivity (Wildman–Crippen MR) is 59.4 cm³/mol. The number of hydrogen-bond acceptors (Lipinski definition) is 2. The first kappa shape index (κ1) is 12.1. The first-order valence-corrected chi connectivity index (χ1v) is 5.20. The van der Waals surface area contributed by atoms with Crippen LogP contribution in [0.4, 0.5) is 4.39 Å². The van der Waals surface area contributed by atoms with E-state index in [0.717, 1.165) is 5.56 Å². The van der Waals surface area contributed by atoms with Gasteiger partial charge in [-0.25, -0.2) is 4.39 Å². The molecule has 0 bridgehead atoms. The minimum Gasteiger partial charge on any atom is -0.387 e. The third kappa shape index (κ3) is 3.61. The molecular formula is C12H18FNO. The van der Waals surface area contributed by atoms with E-state index in [1.807, 2.05) is 37.3 Å². The Morgan fingerprint density at radius 2 is 1.87 bits per heavy atom. The Balaban J connectivity index is 2.57. The van der Waals surface area contributed by atoms with Gasteiger partial charge in [-0.2, -0.15) is 0 Å². The lowest BCUT2D eigenvalue weighted by Gasteiger charge is -2.23. The zero-order chi connectivity index (χ0) is 11.3. The second-order valence-corrected chi connectivity index (χ2v) is 3.87. The van der Waals surface area contributed by atoms with Gasteiger partial charge in [0.1, 0.15) is 6.67 Å². The molecule has 3 unspecified atom stereocenters. The van der Waals surface area contributed by atoms with Gasteiger partial charge in [-0.15, -0.1) is 0 Å². The fourth-order valence-corrected chi connectivity index (χ4v) is 1.52. The molecule has 0 amide bonds. The molecule has 3 atom stereocenters. The van der Waals surface area contributed by atoms with E-state index in [2.05, 4.69) is 5.32 Å². The van der Waals surface area contributed by atoms with Gasteiger partial charge in [0, 0.05) is 12.1 Å². The van der Waals surface area contributed by atoms with E-state index in [1.165, 1.54) is 0 Å². The van der Waals surface area contributed by atoms with E-state index in [1.54, 1.807) is 6.92 Å².